The summed E-state index contributed by atoms with van der Waals surface area (Å²) in [5, 5.41) is 8.05. The van der Waals surface area contributed by atoms with Crippen molar-refractivity contribution in [2.45, 2.75) is 13.5 Å². The fourth-order valence-corrected chi connectivity index (χ4v) is 2.63. The van der Waals surface area contributed by atoms with Crippen molar-refractivity contribution in [3.8, 4) is 0 Å². The Morgan fingerprint density at radius 3 is 2.89 bits per heavy atom. The third kappa shape index (κ3) is 2.48. The molecule has 1 N–H and O–H groups in total. The van der Waals surface area contributed by atoms with E-state index in [0.717, 1.165) is 15.7 Å². The van der Waals surface area contributed by atoms with E-state index in [1.165, 1.54) is 11.3 Å². The molecule has 0 saturated carbocycles. The van der Waals surface area contributed by atoms with Crippen LogP contribution in [-0.2, 0) is 6.54 Å². The van der Waals surface area contributed by atoms with Gasteiger partial charge in [0.05, 0.1) is 18.4 Å². The van der Waals surface area contributed by atoms with Crippen LogP contribution in [-0.4, -0.2) is 20.5 Å². The SMILES string of the molecule is Cc1cn2nc(CNC(=O)c3ccccc3)sc2n1. The molecule has 19 heavy (non-hydrogen) atoms. The second-order valence-corrected chi connectivity index (χ2v) is 5.19. The zero-order chi connectivity index (χ0) is 13.2. The number of rotatable bonds is 3. The Kier molecular flexibility index (Phi) is 3.00. The van der Waals surface area contributed by atoms with Gasteiger partial charge in [-0.05, 0) is 19.1 Å². The van der Waals surface area contributed by atoms with Crippen LogP contribution in [0.5, 0.6) is 0 Å². The van der Waals surface area contributed by atoms with Crippen molar-refractivity contribution in [1.82, 2.24) is 19.9 Å². The summed E-state index contributed by atoms with van der Waals surface area (Å²) in [7, 11) is 0. The van der Waals surface area contributed by atoms with E-state index in [0.29, 0.717) is 12.1 Å². The molecule has 0 bridgehead atoms. The van der Waals surface area contributed by atoms with E-state index in [2.05, 4.69) is 15.4 Å². The molecule has 0 spiro atoms. The van der Waals surface area contributed by atoms with Crippen molar-refractivity contribution < 1.29 is 4.79 Å². The standard InChI is InChI=1S/C13H12N4OS/c1-9-8-17-13(15-9)19-11(16-17)7-14-12(18)10-5-3-2-4-6-10/h2-6,8H,7H2,1H3,(H,14,18). The van der Waals surface area contributed by atoms with Crippen LogP contribution in [0.3, 0.4) is 0 Å². The molecule has 0 aliphatic rings. The van der Waals surface area contributed by atoms with Crippen LogP contribution in [0.4, 0.5) is 0 Å². The maximum Gasteiger partial charge on any atom is 0.251 e. The van der Waals surface area contributed by atoms with Crippen molar-refractivity contribution in [3.63, 3.8) is 0 Å². The molecule has 2 aromatic heterocycles. The fourth-order valence-electron chi connectivity index (χ4n) is 1.77. The number of carbonyl (C=O) groups is 1. The number of nitrogens with zero attached hydrogens (tertiary/aromatic N) is 3. The molecule has 3 rings (SSSR count). The normalized spacial score (nSPS) is 10.8. The number of fused-ring (bicyclic) bond motifs is 1. The molecule has 2 heterocycles. The Morgan fingerprint density at radius 1 is 1.37 bits per heavy atom. The van der Waals surface area contributed by atoms with Crippen LogP contribution in [0.1, 0.15) is 21.1 Å². The van der Waals surface area contributed by atoms with E-state index in [1.807, 2.05) is 31.3 Å². The lowest BCUT2D eigenvalue weighted by atomic mass is 10.2. The van der Waals surface area contributed by atoms with Crippen LogP contribution >= 0.6 is 11.3 Å². The summed E-state index contributed by atoms with van der Waals surface area (Å²) >= 11 is 1.48. The van der Waals surface area contributed by atoms with Crippen molar-refractivity contribution >= 4 is 22.2 Å². The van der Waals surface area contributed by atoms with E-state index < -0.39 is 0 Å². The molecule has 0 unspecified atom stereocenters. The van der Waals surface area contributed by atoms with Gasteiger partial charge in [-0.1, -0.05) is 29.5 Å². The summed E-state index contributed by atoms with van der Waals surface area (Å²) in [5.41, 5.74) is 1.60. The number of carbonyl (C=O) groups excluding carboxylic acids is 1. The molecule has 0 atom stereocenters. The van der Waals surface area contributed by atoms with Gasteiger partial charge in [-0.15, -0.1) is 0 Å². The molecule has 0 aliphatic carbocycles. The summed E-state index contributed by atoms with van der Waals surface area (Å²) in [6.07, 6.45) is 1.87. The number of imidazole rings is 1. The summed E-state index contributed by atoms with van der Waals surface area (Å²) in [4.78, 5) is 17.0. The molecule has 6 heteroatoms. The van der Waals surface area contributed by atoms with Gasteiger partial charge in [-0.25, -0.2) is 9.50 Å². The maximum atomic E-state index is 11.9. The Labute approximate surface area is 113 Å². The van der Waals surface area contributed by atoms with Gasteiger partial charge in [0.1, 0.15) is 5.01 Å². The minimum absolute atomic E-state index is 0.0929. The predicted molar refractivity (Wildman–Crippen MR) is 73.2 cm³/mol. The van der Waals surface area contributed by atoms with Gasteiger partial charge in [-0.3, -0.25) is 4.79 Å². The Morgan fingerprint density at radius 2 is 2.16 bits per heavy atom. The Bertz CT molecular complexity index is 685. The molecule has 1 amide bonds. The number of hydrogen-bond donors (Lipinski definition) is 1. The number of nitrogens with one attached hydrogen (secondary N) is 1. The zero-order valence-electron chi connectivity index (χ0n) is 10.3. The monoisotopic (exact) mass is 272 g/mol. The van der Waals surface area contributed by atoms with Crippen molar-refractivity contribution in [2.75, 3.05) is 0 Å². The number of aryl methyl sites for hydroxylation is 1. The van der Waals surface area contributed by atoms with E-state index in [4.69, 9.17) is 0 Å². The molecule has 1 aromatic carbocycles. The highest BCUT2D eigenvalue weighted by atomic mass is 32.1. The lowest BCUT2D eigenvalue weighted by Gasteiger charge is -2.01. The van der Waals surface area contributed by atoms with Gasteiger partial charge in [0, 0.05) is 5.56 Å². The molecule has 5 nitrogen and oxygen atoms in total. The predicted octanol–water partition coefficient (Wildman–Crippen LogP) is 2.03. The molecular formula is C13H12N4OS. The lowest BCUT2D eigenvalue weighted by molar-refractivity contribution is 0.0951. The second-order valence-electron chi connectivity index (χ2n) is 4.15. The first kappa shape index (κ1) is 11.9. The minimum atomic E-state index is -0.0929. The molecule has 0 radical (unpaired) electrons. The largest absolute Gasteiger partial charge is 0.345 e. The smallest absolute Gasteiger partial charge is 0.251 e. The summed E-state index contributed by atoms with van der Waals surface area (Å²) in [6, 6.07) is 9.14. The minimum Gasteiger partial charge on any atom is -0.345 e. The first-order valence-corrected chi connectivity index (χ1v) is 6.69. The van der Waals surface area contributed by atoms with E-state index in [9.17, 15) is 4.79 Å². The van der Waals surface area contributed by atoms with Crippen LogP contribution in [0, 0.1) is 6.92 Å². The third-order valence-corrected chi connectivity index (χ3v) is 3.56. The van der Waals surface area contributed by atoms with Gasteiger partial charge in [-0.2, -0.15) is 5.10 Å². The maximum absolute atomic E-state index is 11.9. The number of benzene rings is 1. The average molecular weight is 272 g/mol. The first-order valence-electron chi connectivity index (χ1n) is 5.87. The van der Waals surface area contributed by atoms with Crippen LogP contribution in [0.15, 0.2) is 36.5 Å². The summed E-state index contributed by atoms with van der Waals surface area (Å²) < 4.78 is 1.74. The zero-order valence-corrected chi connectivity index (χ0v) is 11.1. The Hall–Kier alpha value is -2.21. The van der Waals surface area contributed by atoms with Crippen LogP contribution < -0.4 is 5.32 Å². The fraction of sp³-hybridized carbons (Fsp3) is 0.154. The van der Waals surface area contributed by atoms with E-state index in [-0.39, 0.29) is 5.91 Å². The van der Waals surface area contributed by atoms with Gasteiger partial charge in [0.25, 0.3) is 5.91 Å². The number of hydrogen-bond acceptors (Lipinski definition) is 4. The van der Waals surface area contributed by atoms with E-state index >= 15 is 0 Å². The van der Waals surface area contributed by atoms with Gasteiger partial charge < -0.3 is 5.32 Å². The highest BCUT2D eigenvalue weighted by Crippen LogP contribution is 2.14. The molecular weight excluding hydrogens is 260 g/mol. The lowest BCUT2D eigenvalue weighted by Crippen LogP contribution is -2.22. The van der Waals surface area contributed by atoms with Gasteiger partial charge >= 0.3 is 0 Å². The number of aromatic nitrogens is 3. The van der Waals surface area contributed by atoms with Crippen molar-refractivity contribution in [2.24, 2.45) is 0 Å². The van der Waals surface area contributed by atoms with Gasteiger partial charge in [0.2, 0.25) is 4.96 Å². The highest BCUT2D eigenvalue weighted by molar-refractivity contribution is 7.16. The highest BCUT2D eigenvalue weighted by Gasteiger charge is 2.08. The number of amides is 1. The first-order chi connectivity index (χ1) is 9.22. The molecule has 0 saturated heterocycles. The second kappa shape index (κ2) is 4.81. The quantitative estimate of drug-likeness (QED) is 0.793. The summed E-state index contributed by atoms with van der Waals surface area (Å²) in [6.45, 7) is 2.35. The van der Waals surface area contributed by atoms with Crippen LogP contribution in [0.2, 0.25) is 0 Å². The molecule has 96 valence electrons. The van der Waals surface area contributed by atoms with E-state index in [1.54, 1.807) is 16.6 Å². The van der Waals surface area contributed by atoms with Crippen LogP contribution in [0.25, 0.3) is 4.96 Å². The molecule has 0 fully saturated rings. The molecule has 0 aliphatic heterocycles. The molecule has 3 aromatic rings. The van der Waals surface area contributed by atoms with Gasteiger partial charge in [0.15, 0.2) is 0 Å². The third-order valence-electron chi connectivity index (χ3n) is 2.64. The van der Waals surface area contributed by atoms with Crippen molar-refractivity contribution in [1.29, 1.82) is 0 Å². The Balaban J connectivity index is 1.69. The average Bonchev–Trinajstić information content (AvgIpc) is 2.93. The van der Waals surface area contributed by atoms with Crippen molar-refractivity contribution in [3.05, 3.63) is 52.8 Å². The topological polar surface area (TPSA) is 59.3 Å². The summed E-state index contributed by atoms with van der Waals surface area (Å²) in [5.74, 6) is -0.0929.